The van der Waals surface area contributed by atoms with Gasteiger partial charge in [-0.2, -0.15) is 0 Å². The Bertz CT molecular complexity index is 574. The molecule has 2 rings (SSSR count). The zero-order valence-electron chi connectivity index (χ0n) is 9.68. The van der Waals surface area contributed by atoms with E-state index in [-0.39, 0.29) is 40.5 Å². The van der Waals surface area contributed by atoms with Gasteiger partial charge in [0.25, 0.3) is 0 Å². The van der Waals surface area contributed by atoms with E-state index in [2.05, 4.69) is 10.0 Å². The molecule has 5 nitrogen and oxygen atoms in total. The van der Waals surface area contributed by atoms with Crippen molar-refractivity contribution in [1.29, 1.82) is 0 Å². The largest absolute Gasteiger partial charge is 0.309 e. The molecule has 1 aliphatic rings. The molecule has 1 saturated heterocycles. The lowest BCUT2D eigenvalue weighted by molar-refractivity contribution is -0.117. The molecule has 1 heterocycles. The highest BCUT2D eigenvalue weighted by Gasteiger charge is 2.32. The van der Waals surface area contributed by atoms with Crippen LogP contribution < -0.4 is 4.90 Å². The number of benzene rings is 1. The fourth-order valence-electron chi connectivity index (χ4n) is 2.01. The van der Waals surface area contributed by atoms with Crippen LogP contribution in [0.15, 0.2) is 17.2 Å². The van der Waals surface area contributed by atoms with E-state index in [1.54, 1.807) is 0 Å². The maximum atomic E-state index is 14.0. The summed E-state index contributed by atoms with van der Waals surface area (Å²) in [7, 11) is 0. The number of azide groups is 1. The highest BCUT2D eigenvalue weighted by molar-refractivity contribution is 6.42. The van der Waals surface area contributed by atoms with E-state index >= 15 is 0 Å². The number of carbonyl (C=O) groups excluding carboxylic acids is 1. The van der Waals surface area contributed by atoms with Gasteiger partial charge in [-0.15, -0.1) is 0 Å². The van der Waals surface area contributed by atoms with Gasteiger partial charge in [-0.1, -0.05) is 28.3 Å². The Morgan fingerprint density at radius 1 is 1.53 bits per heavy atom. The number of hydrogen-bond donors (Lipinski definition) is 0. The fraction of sp³-hybridized carbons (Fsp3) is 0.364. The third-order valence-corrected chi connectivity index (χ3v) is 3.70. The second-order valence-corrected chi connectivity index (χ2v) is 4.97. The van der Waals surface area contributed by atoms with E-state index < -0.39 is 5.82 Å². The highest BCUT2D eigenvalue weighted by atomic mass is 35.5. The van der Waals surface area contributed by atoms with Gasteiger partial charge in [-0.05, 0) is 23.6 Å². The fourth-order valence-corrected chi connectivity index (χ4v) is 2.32. The third-order valence-electron chi connectivity index (χ3n) is 2.91. The lowest BCUT2D eigenvalue weighted by Crippen LogP contribution is -2.25. The highest BCUT2D eigenvalue weighted by Crippen LogP contribution is 2.34. The average Bonchev–Trinajstić information content (AvgIpc) is 2.75. The lowest BCUT2D eigenvalue weighted by atomic mass is 10.1. The molecular weight excluding hydrogens is 294 g/mol. The Morgan fingerprint density at radius 3 is 2.95 bits per heavy atom. The first-order valence-corrected chi connectivity index (χ1v) is 6.25. The standard InChI is InChI=1S/C11H9Cl2FN4O/c12-7-1-2-8(11(14)10(7)13)18-5-6(3-9(18)19)4-16-17-15/h1-2,6H,3-5H2. The first kappa shape index (κ1) is 13.9. The average molecular weight is 303 g/mol. The van der Waals surface area contributed by atoms with Gasteiger partial charge in [-0.25, -0.2) is 4.39 Å². The normalized spacial score (nSPS) is 18.6. The first-order valence-electron chi connectivity index (χ1n) is 5.49. The summed E-state index contributed by atoms with van der Waals surface area (Å²) in [5.74, 6) is -1.06. The third kappa shape index (κ3) is 2.76. The molecule has 1 aliphatic heterocycles. The van der Waals surface area contributed by atoms with Gasteiger partial charge in [0.05, 0.1) is 15.7 Å². The van der Waals surface area contributed by atoms with E-state index in [0.29, 0.717) is 6.54 Å². The molecule has 0 spiro atoms. The molecule has 1 unspecified atom stereocenters. The molecule has 1 aromatic carbocycles. The van der Waals surface area contributed by atoms with Crippen molar-refractivity contribution >= 4 is 34.8 Å². The van der Waals surface area contributed by atoms with Gasteiger partial charge in [-0.3, -0.25) is 4.79 Å². The molecule has 0 radical (unpaired) electrons. The van der Waals surface area contributed by atoms with Crippen molar-refractivity contribution in [2.24, 2.45) is 11.0 Å². The summed E-state index contributed by atoms with van der Waals surface area (Å²) in [5.41, 5.74) is 8.35. The molecule has 0 aromatic heterocycles. The Labute approximate surface area is 118 Å². The Morgan fingerprint density at radius 2 is 2.26 bits per heavy atom. The van der Waals surface area contributed by atoms with Crippen molar-refractivity contribution in [3.05, 3.63) is 38.4 Å². The van der Waals surface area contributed by atoms with E-state index in [4.69, 9.17) is 28.7 Å². The minimum Gasteiger partial charge on any atom is -0.309 e. The van der Waals surface area contributed by atoms with Crippen LogP contribution in [0.5, 0.6) is 0 Å². The lowest BCUT2D eigenvalue weighted by Gasteiger charge is -2.18. The van der Waals surface area contributed by atoms with Crippen LogP contribution in [-0.2, 0) is 4.79 Å². The van der Waals surface area contributed by atoms with E-state index in [9.17, 15) is 9.18 Å². The molecule has 8 heteroatoms. The first-order chi connectivity index (χ1) is 9.04. The molecule has 0 bridgehead atoms. The topological polar surface area (TPSA) is 69.1 Å². The Kier molecular flexibility index (Phi) is 4.14. The Balaban J connectivity index is 2.26. The maximum Gasteiger partial charge on any atom is 0.227 e. The van der Waals surface area contributed by atoms with Gasteiger partial charge in [0.15, 0.2) is 5.82 Å². The molecule has 1 fully saturated rings. The van der Waals surface area contributed by atoms with Gasteiger partial charge in [0.1, 0.15) is 0 Å². The zero-order valence-corrected chi connectivity index (χ0v) is 11.2. The smallest absolute Gasteiger partial charge is 0.227 e. The van der Waals surface area contributed by atoms with Crippen LogP contribution in [0.3, 0.4) is 0 Å². The van der Waals surface area contributed by atoms with E-state index in [1.807, 2.05) is 0 Å². The summed E-state index contributed by atoms with van der Waals surface area (Å²) in [6.45, 7) is 0.508. The molecule has 19 heavy (non-hydrogen) atoms. The van der Waals surface area contributed by atoms with Crippen LogP contribution in [0.2, 0.25) is 10.0 Å². The van der Waals surface area contributed by atoms with Crippen molar-refractivity contribution in [3.8, 4) is 0 Å². The maximum absolute atomic E-state index is 14.0. The van der Waals surface area contributed by atoms with Crippen molar-refractivity contribution in [1.82, 2.24) is 0 Å². The number of hydrogen-bond acceptors (Lipinski definition) is 2. The molecule has 1 atom stereocenters. The predicted molar refractivity (Wildman–Crippen MR) is 70.9 cm³/mol. The zero-order chi connectivity index (χ0) is 14.0. The summed E-state index contributed by atoms with van der Waals surface area (Å²) >= 11 is 11.4. The summed E-state index contributed by atoms with van der Waals surface area (Å²) in [5, 5.41) is 3.33. The molecule has 0 N–H and O–H groups in total. The SMILES string of the molecule is [N-]=[N+]=NCC1CC(=O)N(c2ccc(Cl)c(Cl)c2F)C1. The van der Waals surface area contributed by atoms with Gasteiger partial charge in [0.2, 0.25) is 5.91 Å². The second-order valence-electron chi connectivity index (χ2n) is 4.18. The Hall–Kier alpha value is -1.49. The summed E-state index contributed by atoms with van der Waals surface area (Å²) < 4.78 is 14.0. The second kappa shape index (κ2) is 5.65. The molecule has 0 saturated carbocycles. The van der Waals surface area contributed by atoms with Crippen LogP contribution in [0.25, 0.3) is 10.4 Å². The summed E-state index contributed by atoms with van der Waals surface area (Å²) in [6.07, 6.45) is 0.221. The van der Waals surface area contributed by atoms with Crippen molar-refractivity contribution < 1.29 is 9.18 Å². The quantitative estimate of drug-likeness (QED) is 0.362. The monoisotopic (exact) mass is 302 g/mol. The van der Waals surface area contributed by atoms with Crippen molar-refractivity contribution in [2.45, 2.75) is 6.42 Å². The van der Waals surface area contributed by atoms with Gasteiger partial charge in [0, 0.05) is 24.4 Å². The number of anilines is 1. The molecular formula is C11H9Cl2FN4O. The molecule has 0 aliphatic carbocycles. The van der Waals surface area contributed by atoms with Gasteiger partial charge >= 0.3 is 0 Å². The minimum absolute atomic E-state index is 0.0974. The minimum atomic E-state index is -0.716. The van der Waals surface area contributed by atoms with Gasteiger partial charge < -0.3 is 4.90 Å². The molecule has 1 aromatic rings. The summed E-state index contributed by atoms with van der Waals surface area (Å²) in [6, 6.07) is 2.85. The molecule has 1 amide bonds. The molecule has 100 valence electrons. The number of amides is 1. The predicted octanol–water partition coefficient (Wildman–Crippen LogP) is 3.80. The van der Waals surface area contributed by atoms with E-state index in [1.165, 1.54) is 17.0 Å². The summed E-state index contributed by atoms with van der Waals surface area (Å²) in [4.78, 5) is 15.8. The van der Waals surface area contributed by atoms with Crippen LogP contribution in [0, 0.1) is 11.7 Å². The van der Waals surface area contributed by atoms with Crippen molar-refractivity contribution in [3.63, 3.8) is 0 Å². The van der Waals surface area contributed by atoms with Crippen LogP contribution >= 0.6 is 23.2 Å². The van der Waals surface area contributed by atoms with E-state index in [0.717, 1.165) is 0 Å². The van der Waals surface area contributed by atoms with Crippen LogP contribution in [-0.4, -0.2) is 19.0 Å². The number of carbonyl (C=O) groups is 1. The van der Waals surface area contributed by atoms with Crippen LogP contribution in [0.4, 0.5) is 10.1 Å². The number of nitrogens with zero attached hydrogens (tertiary/aromatic N) is 4. The van der Waals surface area contributed by atoms with Crippen LogP contribution in [0.1, 0.15) is 6.42 Å². The number of rotatable bonds is 3. The number of halogens is 3. The van der Waals surface area contributed by atoms with Crippen molar-refractivity contribution in [2.75, 3.05) is 18.0 Å².